The van der Waals surface area contributed by atoms with Crippen molar-refractivity contribution < 1.29 is 39.6 Å². The molecule has 1 aromatic rings. The van der Waals surface area contributed by atoms with Gasteiger partial charge in [-0.1, -0.05) is 6.07 Å². The number of rotatable bonds is 6. The number of anilines is 1. The van der Waals surface area contributed by atoms with Gasteiger partial charge in [0.1, 0.15) is 22.8 Å². The van der Waals surface area contributed by atoms with Crippen molar-refractivity contribution >= 4 is 34.8 Å². The molecule has 1 saturated carbocycles. The molecular weight excluding hydrogens is 522 g/mol. The number of aromatic hydroxyl groups is 1. The maximum absolute atomic E-state index is 13.9. The molecule has 0 aromatic heterocycles. The predicted molar refractivity (Wildman–Crippen MR) is 142 cm³/mol. The third-order valence-corrected chi connectivity index (χ3v) is 8.42. The third kappa shape index (κ3) is 4.12. The maximum atomic E-state index is 13.9. The summed E-state index contributed by atoms with van der Waals surface area (Å²) in [5.41, 5.74) is 4.97. The number of hydrogen-bond donors (Lipinski definition) is 7. The fourth-order valence-electron chi connectivity index (χ4n) is 6.58. The molecule has 13 nitrogen and oxygen atoms in total. The standard InChI is InChI=1S/C27H33N5O8/c1-31(2)20-14-10-13-9-12-5-6-15(29-11-16(33)30-32-7-3-4-8-32)21(34)17(12)22(35)18(13)24(37)27(14,40)25(38)19(23(20)36)26(28)39/h5-6,13-14,20,29,34-35,38,40H,3-4,7-11H2,1-2H3,(H2,28,39)(H,30,33)/t13-,14-,20+,27-/m1/s1. The van der Waals surface area contributed by atoms with E-state index in [-0.39, 0.29) is 47.9 Å². The number of phenolic OH excluding ortho intramolecular Hbond substituents is 1. The van der Waals surface area contributed by atoms with Crippen molar-refractivity contribution in [1.82, 2.24) is 15.3 Å². The Balaban J connectivity index is 1.51. The van der Waals surface area contributed by atoms with Crippen LogP contribution in [0.15, 0.2) is 29.0 Å². The third-order valence-electron chi connectivity index (χ3n) is 8.42. The van der Waals surface area contributed by atoms with Crippen molar-refractivity contribution in [2.24, 2.45) is 17.6 Å². The average molecular weight is 556 g/mol. The Hall–Kier alpha value is -3.94. The molecule has 1 heterocycles. The van der Waals surface area contributed by atoms with Crippen LogP contribution in [0.4, 0.5) is 5.69 Å². The summed E-state index contributed by atoms with van der Waals surface area (Å²) in [6.07, 6.45) is 2.19. The number of nitrogens with two attached hydrogens (primary N) is 1. The van der Waals surface area contributed by atoms with E-state index in [2.05, 4.69) is 10.7 Å². The highest BCUT2D eigenvalue weighted by molar-refractivity contribution is 6.24. The molecule has 0 bridgehead atoms. The molecule has 2 fully saturated rings. The topological polar surface area (TPSA) is 206 Å². The smallest absolute Gasteiger partial charge is 0.255 e. The van der Waals surface area contributed by atoms with Gasteiger partial charge in [-0.25, -0.2) is 5.01 Å². The van der Waals surface area contributed by atoms with Crippen LogP contribution in [0.1, 0.15) is 30.4 Å². The highest BCUT2D eigenvalue weighted by Crippen LogP contribution is 2.53. The summed E-state index contributed by atoms with van der Waals surface area (Å²) in [5, 5.41) is 49.6. The average Bonchev–Trinajstić information content (AvgIpc) is 3.38. The number of hydrogen-bond acceptors (Lipinski definition) is 11. The second-order valence-corrected chi connectivity index (χ2v) is 11.0. The molecule has 1 aliphatic heterocycles. The van der Waals surface area contributed by atoms with E-state index in [1.165, 1.54) is 4.90 Å². The van der Waals surface area contributed by atoms with Crippen molar-refractivity contribution in [3.05, 3.63) is 40.2 Å². The molecule has 5 rings (SSSR count). The second kappa shape index (κ2) is 9.91. The van der Waals surface area contributed by atoms with E-state index in [9.17, 15) is 39.6 Å². The lowest BCUT2D eigenvalue weighted by atomic mass is 9.57. The molecule has 0 radical (unpaired) electrons. The van der Waals surface area contributed by atoms with Crippen LogP contribution >= 0.6 is 0 Å². The van der Waals surface area contributed by atoms with Gasteiger partial charge in [-0.3, -0.25) is 29.5 Å². The summed E-state index contributed by atoms with van der Waals surface area (Å²) in [4.78, 5) is 52.8. The fraction of sp³-hybridized carbons (Fsp3) is 0.481. The number of fused-ring (bicyclic) bond motifs is 3. The number of ketones is 2. The van der Waals surface area contributed by atoms with Crippen molar-refractivity contribution in [3.63, 3.8) is 0 Å². The van der Waals surface area contributed by atoms with E-state index in [4.69, 9.17) is 5.73 Å². The van der Waals surface area contributed by atoms with Gasteiger partial charge in [0.25, 0.3) is 11.8 Å². The number of nitrogens with zero attached hydrogens (tertiary/aromatic N) is 2. The van der Waals surface area contributed by atoms with E-state index in [0.29, 0.717) is 5.56 Å². The van der Waals surface area contributed by atoms with Gasteiger partial charge in [0, 0.05) is 24.6 Å². The first-order valence-corrected chi connectivity index (χ1v) is 13.2. The summed E-state index contributed by atoms with van der Waals surface area (Å²) in [6, 6.07) is 2.09. The zero-order chi connectivity index (χ0) is 29.1. The molecule has 0 spiro atoms. The van der Waals surface area contributed by atoms with Gasteiger partial charge in [-0.15, -0.1) is 0 Å². The number of Topliss-reactive ketones (excluding diaryl/α,β-unsaturated/α-hetero) is 2. The van der Waals surface area contributed by atoms with E-state index in [1.807, 2.05) is 5.01 Å². The van der Waals surface area contributed by atoms with Crippen molar-refractivity contribution in [2.45, 2.75) is 37.3 Å². The van der Waals surface area contributed by atoms with Crippen LogP contribution in [0.2, 0.25) is 0 Å². The monoisotopic (exact) mass is 555 g/mol. The second-order valence-electron chi connectivity index (χ2n) is 11.0. The van der Waals surface area contributed by atoms with Gasteiger partial charge in [0.15, 0.2) is 11.4 Å². The zero-order valence-electron chi connectivity index (χ0n) is 22.2. The summed E-state index contributed by atoms with van der Waals surface area (Å²) in [5.74, 6) is -7.35. The van der Waals surface area contributed by atoms with Gasteiger partial charge in [-0.2, -0.15) is 0 Å². The van der Waals surface area contributed by atoms with E-state index in [1.54, 1.807) is 26.2 Å². The highest BCUT2D eigenvalue weighted by Gasteiger charge is 2.64. The molecule has 2 amide bonds. The van der Waals surface area contributed by atoms with Crippen LogP contribution in [-0.4, -0.2) is 99.1 Å². The molecule has 0 unspecified atom stereocenters. The van der Waals surface area contributed by atoms with Crippen molar-refractivity contribution in [3.8, 4) is 5.75 Å². The number of phenols is 1. The highest BCUT2D eigenvalue weighted by atomic mass is 16.3. The minimum absolute atomic E-state index is 0.0171. The summed E-state index contributed by atoms with van der Waals surface area (Å²) in [6.45, 7) is 1.36. The van der Waals surface area contributed by atoms with E-state index in [0.717, 1.165) is 25.9 Å². The fourth-order valence-corrected chi connectivity index (χ4v) is 6.58. The SMILES string of the molecule is CN(C)[C@@H]1C(=O)C(C(N)=O)=C(O)[C@]2(O)C(=O)C3=C(O)c4c(ccc(NCC(=O)NN5CCCC5)c4O)C[C@@H]3C[C@H]12. The normalized spacial score (nSPS) is 28.4. The number of primary amides is 1. The number of likely N-dealkylation sites (N-methyl/N-ethyl adjacent to an activating group) is 1. The van der Waals surface area contributed by atoms with E-state index < -0.39 is 58.0 Å². The number of carbonyl (C=O) groups excluding carboxylic acids is 4. The Bertz CT molecular complexity index is 1380. The first kappa shape index (κ1) is 27.6. The molecule has 13 heteroatoms. The number of amides is 2. The molecule has 1 saturated heterocycles. The van der Waals surface area contributed by atoms with Crippen molar-refractivity contribution in [2.75, 3.05) is 39.0 Å². The number of benzene rings is 1. The number of aliphatic hydroxyl groups excluding tert-OH is 2. The van der Waals surface area contributed by atoms with Crippen LogP contribution < -0.4 is 16.5 Å². The molecule has 40 heavy (non-hydrogen) atoms. The van der Waals surface area contributed by atoms with Crippen LogP contribution in [0.25, 0.3) is 5.76 Å². The minimum atomic E-state index is -2.69. The molecule has 4 aliphatic rings. The summed E-state index contributed by atoms with van der Waals surface area (Å²) in [7, 11) is 3.09. The Labute approximate surface area is 229 Å². The summed E-state index contributed by atoms with van der Waals surface area (Å²) < 4.78 is 0. The molecule has 3 aliphatic carbocycles. The Morgan fingerprint density at radius 1 is 1.15 bits per heavy atom. The van der Waals surface area contributed by atoms with Gasteiger partial charge < -0.3 is 31.5 Å². The van der Waals surface area contributed by atoms with Crippen molar-refractivity contribution in [1.29, 1.82) is 0 Å². The zero-order valence-corrected chi connectivity index (χ0v) is 22.2. The van der Waals surface area contributed by atoms with Crippen LogP contribution in [0, 0.1) is 11.8 Å². The molecule has 214 valence electrons. The Morgan fingerprint density at radius 3 is 2.45 bits per heavy atom. The number of carbonyl (C=O) groups is 4. The lowest BCUT2D eigenvalue weighted by Gasteiger charge is -2.50. The van der Waals surface area contributed by atoms with Gasteiger partial charge in [-0.05, 0) is 57.3 Å². The molecule has 4 atom stereocenters. The van der Waals surface area contributed by atoms with Crippen LogP contribution in [0.5, 0.6) is 5.75 Å². The Morgan fingerprint density at radius 2 is 1.82 bits per heavy atom. The molecular formula is C27H33N5O8. The van der Waals surface area contributed by atoms with Gasteiger partial charge in [0.2, 0.25) is 5.78 Å². The minimum Gasteiger partial charge on any atom is -0.508 e. The lowest BCUT2D eigenvalue weighted by Crippen LogP contribution is -2.65. The lowest BCUT2D eigenvalue weighted by molar-refractivity contribution is -0.153. The van der Waals surface area contributed by atoms with E-state index >= 15 is 0 Å². The maximum Gasteiger partial charge on any atom is 0.255 e. The van der Waals surface area contributed by atoms with Gasteiger partial charge >= 0.3 is 0 Å². The first-order valence-electron chi connectivity index (χ1n) is 13.2. The predicted octanol–water partition coefficient (Wildman–Crippen LogP) is -0.497. The van der Waals surface area contributed by atoms with Crippen LogP contribution in [-0.2, 0) is 25.6 Å². The largest absolute Gasteiger partial charge is 0.508 e. The first-order chi connectivity index (χ1) is 18.9. The quantitative estimate of drug-likeness (QED) is 0.176. The number of aliphatic hydroxyl groups is 3. The number of hydrazine groups is 1. The van der Waals surface area contributed by atoms with Gasteiger partial charge in [0.05, 0.1) is 23.8 Å². The number of nitrogens with one attached hydrogen (secondary N) is 2. The molecule has 1 aromatic carbocycles. The summed E-state index contributed by atoms with van der Waals surface area (Å²) >= 11 is 0. The Kier molecular flexibility index (Phi) is 6.84. The van der Waals surface area contributed by atoms with Crippen LogP contribution in [0.3, 0.4) is 0 Å². The molecule has 8 N–H and O–H groups in total.